The molecule has 35 heavy (non-hydrogen) atoms. The summed E-state index contributed by atoms with van der Waals surface area (Å²) in [6.07, 6.45) is 0.0295. The number of carbonyl (C=O) groups is 2. The molecule has 3 heterocycles. The van der Waals surface area contributed by atoms with Gasteiger partial charge in [-0.05, 0) is 37.3 Å². The van der Waals surface area contributed by atoms with Gasteiger partial charge in [-0.1, -0.05) is 38.4 Å². The standard InChI is InChI=1S/C23H17BrN6O5/c1-11-7-14(34-29-11)10-19(31)25-17-4-2-3-12-8-18(26-20(12)17)22(32)27-16-6-5-13(24)9-15(16)21-28-23(33)35-30-21/h2-9,26H,10H2,1H3,(H,25,31)(H,27,32)(H,28,30,33). The monoisotopic (exact) mass is 536 g/mol. The van der Waals surface area contributed by atoms with Crippen LogP contribution in [-0.4, -0.2) is 32.1 Å². The van der Waals surface area contributed by atoms with Crippen molar-refractivity contribution in [3.8, 4) is 11.4 Å². The number of halogens is 1. The molecule has 0 bridgehead atoms. The van der Waals surface area contributed by atoms with E-state index < -0.39 is 11.7 Å². The summed E-state index contributed by atoms with van der Waals surface area (Å²) in [5, 5.41) is 13.9. The molecule has 3 aromatic heterocycles. The van der Waals surface area contributed by atoms with Gasteiger partial charge in [-0.2, -0.15) is 0 Å². The number of nitrogens with zero attached hydrogens (tertiary/aromatic N) is 2. The van der Waals surface area contributed by atoms with Gasteiger partial charge < -0.3 is 20.1 Å². The number of aryl methyl sites for hydroxylation is 1. The minimum absolute atomic E-state index is 0.0295. The molecule has 12 heteroatoms. The second-order valence-corrected chi connectivity index (χ2v) is 8.62. The molecule has 0 unspecified atom stereocenters. The number of aromatic amines is 2. The average molecular weight is 537 g/mol. The number of para-hydroxylation sites is 1. The molecule has 0 aliphatic carbocycles. The molecule has 0 radical (unpaired) electrons. The number of amides is 2. The van der Waals surface area contributed by atoms with Crippen LogP contribution in [0.4, 0.5) is 11.4 Å². The molecule has 5 rings (SSSR count). The van der Waals surface area contributed by atoms with Crippen LogP contribution < -0.4 is 16.4 Å². The van der Waals surface area contributed by atoms with E-state index in [1.54, 1.807) is 49.4 Å². The number of fused-ring (bicyclic) bond motifs is 1. The third-order valence-corrected chi connectivity index (χ3v) is 5.60. The molecule has 0 saturated carbocycles. The lowest BCUT2D eigenvalue weighted by molar-refractivity contribution is -0.115. The number of aromatic nitrogens is 4. The van der Waals surface area contributed by atoms with E-state index in [4.69, 9.17) is 4.52 Å². The van der Waals surface area contributed by atoms with Crippen LogP contribution in [0.3, 0.4) is 0 Å². The number of hydrogen-bond donors (Lipinski definition) is 4. The summed E-state index contributed by atoms with van der Waals surface area (Å²) in [5.74, 6) is -0.783. The molecular weight excluding hydrogens is 520 g/mol. The largest absolute Gasteiger partial charge is 0.439 e. The number of anilines is 2. The fourth-order valence-corrected chi connectivity index (χ4v) is 3.95. The zero-order valence-electron chi connectivity index (χ0n) is 18.1. The van der Waals surface area contributed by atoms with Crippen LogP contribution in [0.2, 0.25) is 0 Å². The van der Waals surface area contributed by atoms with Crippen molar-refractivity contribution in [1.29, 1.82) is 0 Å². The summed E-state index contributed by atoms with van der Waals surface area (Å²) >= 11 is 3.37. The highest BCUT2D eigenvalue weighted by Gasteiger charge is 2.17. The minimum atomic E-state index is -0.708. The van der Waals surface area contributed by atoms with Crippen LogP contribution >= 0.6 is 15.9 Å². The van der Waals surface area contributed by atoms with Crippen molar-refractivity contribution in [2.45, 2.75) is 13.3 Å². The Morgan fingerprint density at radius 3 is 2.60 bits per heavy atom. The van der Waals surface area contributed by atoms with E-state index in [0.29, 0.717) is 33.9 Å². The molecule has 0 saturated heterocycles. The van der Waals surface area contributed by atoms with Gasteiger partial charge in [-0.3, -0.25) is 19.1 Å². The highest BCUT2D eigenvalue weighted by Crippen LogP contribution is 2.29. The van der Waals surface area contributed by atoms with Gasteiger partial charge >= 0.3 is 5.76 Å². The van der Waals surface area contributed by atoms with Gasteiger partial charge in [0.25, 0.3) is 5.91 Å². The van der Waals surface area contributed by atoms with Gasteiger partial charge in [0, 0.05) is 21.5 Å². The first-order chi connectivity index (χ1) is 16.9. The van der Waals surface area contributed by atoms with Crippen LogP contribution in [-0.2, 0) is 11.2 Å². The van der Waals surface area contributed by atoms with Crippen LogP contribution in [0.5, 0.6) is 0 Å². The topological polar surface area (TPSA) is 159 Å². The molecule has 0 spiro atoms. The van der Waals surface area contributed by atoms with E-state index in [2.05, 4.69) is 51.4 Å². The lowest BCUT2D eigenvalue weighted by Gasteiger charge is -2.09. The predicted octanol–water partition coefficient (Wildman–Crippen LogP) is 4.00. The quantitative estimate of drug-likeness (QED) is 0.255. The van der Waals surface area contributed by atoms with Crippen LogP contribution in [0.25, 0.3) is 22.3 Å². The minimum Gasteiger partial charge on any atom is -0.361 e. The molecule has 2 amide bonds. The van der Waals surface area contributed by atoms with E-state index in [1.807, 2.05) is 6.07 Å². The van der Waals surface area contributed by atoms with Crippen molar-refractivity contribution in [3.63, 3.8) is 0 Å². The molecule has 2 aromatic carbocycles. The number of H-pyrrole nitrogens is 2. The first kappa shape index (κ1) is 22.3. The Morgan fingerprint density at radius 2 is 1.86 bits per heavy atom. The summed E-state index contributed by atoms with van der Waals surface area (Å²) in [7, 11) is 0. The third-order valence-electron chi connectivity index (χ3n) is 5.11. The maximum absolute atomic E-state index is 13.1. The van der Waals surface area contributed by atoms with Gasteiger partial charge in [0.05, 0.1) is 29.0 Å². The number of hydrogen-bond acceptors (Lipinski definition) is 7. The van der Waals surface area contributed by atoms with Crippen LogP contribution in [0, 0.1) is 6.92 Å². The van der Waals surface area contributed by atoms with E-state index in [9.17, 15) is 14.4 Å². The summed E-state index contributed by atoms with van der Waals surface area (Å²) in [4.78, 5) is 42.5. The average Bonchev–Trinajstić information content (AvgIpc) is 3.55. The first-order valence-electron chi connectivity index (χ1n) is 10.4. The molecule has 5 aromatic rings. The van der Waals surface area contributed by atoms with Crippen LogP contribution in [0.15, 0.2) is 66.8 Å². The Morgan fingerprint density at radius 1 is 1.00 bits per heavy atom. The lowest BCUT2D eigenvalue weighted by atomic mass is 10.1. The Hall–Kier alpha value is -4.45. The second-order valence-electron chi connectivity index (χ2n) is 7.70. The summed E-state index contributed by atoms with van der Waals surface area (Å²) in [6.45, 7) is 1.78. The van der Waals surface area contributed by atoms with Crippen molar-refractivity contribution < 1.29 is 18.6 Å². The third kappa shape index (κ3) is 4.77. The van der Waals surface area contributed by atoms with Gasteiger partial charge in [0.2, 0.25) is 5.91 Å². The van der Waals surface area contributed by atoms with E-state index in [-0.39, 0.29) is 23.8 Å². The zero-order valence-corrected chi connectivity index (χ0v) is 19.7. The Bertz CT molecular complexity index is 1630. The van der Waals surface area contributed by atoms with Crippen molar-refractivity contribution >= 4 is 50.0 Å². The lowest BCUT2D eigenvalue weighted by Crippen LogP contribution is -2.15. The second kappa shape index (κ2) is 9.06. The van der Waals surface area contributed by atoms with E-state index in [0.717, 1.165) is 9.86 Å². The number of carbonyl (C=O) groups excluding carboxylic acids is 2. The fraction of sp³-hybridized carbons (Fsp3) is 0.0870. The maximum atomic E-state index is 13.1. The maximum Gasteiger partial charge on any atom is 0.439 e. The molecule has 0 atom stereocenters. The van der Waals surface area contributed by atoms with Crippen molar-refractivity contribution in [2.24, 2.45) is 0 Å². The molecule has 4 N–H and O–H groups in total. The predicted molar refractivity (Wildman–Crippen MR) is 130 cm³/mol. The SMILES string of the molecule is Cc1cc(CC(=O)Nc2cccc3cc(C(=O)Nc4ccc(Br)cc4-c4noc(=O)[nH]4)[nH]c23)on1. The Labute approximate surface area is 205 Å². The van der Waals surface area contributed by atoms with E-state index >= 15 is 0 Å². The van der Waals surface area contributed by atoms with Gasteiger partial charge in [-0.25, -0.2) is 4.79 Å². The smallest absolute Gasteiger partial charge is 0.361 e. The summed E-state index contributed by atoms with van der Waals surface area (Å²) in [5.41, 5.74) is 2.96. The molecule has 176 valence electrons. The number of benzene rings is 2. The number of rotatable bonds is 6. The fourth-order valence-electron chi connectivity index (χ4n) is 3.59. The van der Waals surface area contributed by atoms with Gasteiger partial charge in [0.15, 0.2) is 5.82 Å². The zero-order chi connectivity index (χ0) is 24.5. The first-order valence-corrected chi connectivity index (χ1v) is 11.2. The van der Waals surface area contributed by atoms with Gasteiger partial charge in [-0.15, -0.1) is 0 Å². The van der Waals surface area contributed by atoms with Crippen molar-refractivity contribution in [1.82, 2.24) is 20.3 Å². The highest BCUT2D eigenvalue weighted by molar-refractivity contribution is 9.10. The van der Waals surface area contributed by atoms with E-state index in [1.165, 1.54) is 0 Å². The normalized spacial score (nSPS) is 11.0. The summed E-state index contributed by atoms with van der Waals surface area (Å²) in [6, 6.07) is 13.8. The molecule has 0 aliphatic heterocycles. The summed E-state index contributed by atoms with van der Waals surface area (Å²) < 4.78 is 10.4. The molecular formula is C23H17BrN6O5. The molecule has 0 fully saturated rings. The molecule has 0 aliphatic rings. The highest BCUT2D eigenvalue weighted by atomic mass is 79.9. The Kier molecular flexibility index (Phi) is 5.79. The Balaban J connectivity index is 1.39. The van der Waals surface area contributed by atoms with Crippen LogP contribution in [0.1, 0.15) is 21.9 Å². The van der Waals surface area contributed by atoms with Crippen molar-refractivity contribution in [3.05, 3.63) is 80.7 Å². The van der Waals surface area contributed by atoms with Gasteiger partial charge in [0.1, 0.15) is 11.5 Å². The van der Waals surface area contributed by atoms with Crippen molar-refractivity contribution in [2.75, 3.05) is 10.6 Å². The molecule has 11 nitrogen and oxygen atoms in total. The number of nitrogens with one attached hydrogen (secondary N) is 4.